The Morgan fingerprint density at radius 1 is 1.19 bits per heavy atom. The lowest BCUT2D eigenvalue weighted by Gasteiger charge is -2.32. The number of anilines is 3. The standard InChI is InChI=1S/C21H23N9O2/c1-23-17(31)16-13(9-14(26-27-16)21(18(22)32)11-20(21)5-6-20)24-19-25-15-4-3-12(10-30(15)28-19)29-7-2-8-29/h3-4,9-10H,2,5-8,11H2,1H3,(H2,22,32)(H,23,31)(H,24,26,28)/t21-/m1/s1. The fourth-order valence-corrected chi connectivity index (χ4v) is 4.84. The zero-order valence-corrected chi connectivity index (χ0v) is 17.6. The lowest BCUT2D eigenvalue weighted by atomic mass is 9.96. The van der Waals surface area contributed by atoms with Crippen molar-refractivity contribution < 1.29 is 9.59 Å². The Balaban J connectivity index is 1.37. The summed E-state index contributed by atoms with van der Waals surface area (Å²) in [6.45, 7) is 2.07. The summed E-state index contributed by atoms with van der Waals surface area (Å²) >= 11 is 0. The van der Waals surface area contributed by atoms with Crippen LogP contribution in [0.25, 0.3) is 5.65 Å². The number of hydrogen-bond donors (Lipinski definition) is 3. The van der Waals surface area contributed by atoms with E-state index >= 15 is 0 Å². The monoisotopic (exact) mass is 433 g/mol. The van der Waals surface area contributed by atoms with Crippen molar-refractivity contribution in [1.29, 1.82) is 0 Å². The van der Waals surface area contributed by atoms with Crippen LogP contribution in [0.15, 0.2) is 24.4 Å². The Labute approximate surface area is 183 Å². The largest absolute Gasteiger partial charge is 0.370 e. The number of nitrogens with one attached hydrogen (secondary N) is 2. The average molecular weight is 433 g/mol. The second kappa shape index (κ2) is 6.38. The molecule has 6 rings (SSSR count). The fourth-order valence-electron chi connectivity index (χ4n) is 4.84. The minimum atomic E-state index is -0.809. The number of fused-ring (bicyclic) bond motifs is 1. The zero-order valence-electron chi connectivity index (χ0n) is 17.6. The van der Waals surface area contributed by atoms with Gasteiger partial charge >= 0.3 is 0 Å². The first-order valence-electron chi connectivity index (χ1n) is 10.7. The van der Waals surface area contributed by atoms with E-state index in [1.54, 1.807) is 10.6 Å². The highest BCUT2D eigenvalue weighted by atomic mass is 16.2. The number of carbonyl (C=O) groups excluding carboxylic acids is 2. The minimum Gasteiger partial charge on any atom is -0.370 e. The summed E-state index contributed by atoms with van der Waals surface area (Å²) < 4.78 is 1.70. The van der Waals surface area contributed by atoms with Crippen LogP contribution in [0.1, 0.15) is 41.9 Å². The number of amides is 2. The summed E-state index contributed by atoms with van der Waals surface area (Å²) in [6.07, 6.45) is 5.70. The molecule has 2 amide bonds. The number of nitrogens with zero attached hydrogens (tertiary/aromatic N) is 6. The van der Waals surface area contributed by atoms with Gasteiger partial charge in [0.25, 0.3) is 5.91 Å². The van der Waals surface area contributed by atoms with Gasteiger partial charge in [0.15, 0.2) is 11.3 Å². The Morgan fingerprint density at radius 3 is 2.62 bits per heavy atom. The van der Waals surface area contributed by atoms with Crippen molar-refractivity contribution in [3.63, 3.8) is 0 Å². The molecule has 1 spiro atoms. The molecule has 3 aliphatic rings. The van der Waals surface area contributed by atoms with E-state index in [2.05, 4.69) is 35.8 Å². The molecule has 2 saturated carbocycles. The second-order valence-electron chi connectivity index (χ2n) is 8.89. The summed E-state index contributed by atoms with van der Waals surface area (Å²) in [5.74, 6) is -0.479. The molecular formula is C21H23N9O2. The Morgan fingerprint density at radius 2 is 2.00 bits per heavy atom. The summed E-state index contributed by atoms with van der Waals surface area (Å²) in [5.41, 5.74) is 7.61. The first kappa shape index (κ1) is 19.0. The van der Waals surface area contributed by atoms with Crippen LogP contribution in [0.3, 0.4) is 0 Å². The summed E-state index contributed by atoms with van der Waals surface area (Å²) in [4.78, 5) is 31.5. The maximum Gasteiger partial charge on any atom is 0.273 e. The normalized spacial score (nSPS) is 22.5. The van der Waals surface area contributed by atoms with Gasteiger partial charge < -0.3 is 21.3 Å². The maximum atomic E-state index is 12.4. The van der Waals surface area contributed by atoms with Crippen molar-refractivity contribution in [2.45, 2.75) is 31.1 Å². The number of primary amides is 1. The minimum absolute atomic E-state index is 0.0894. The topological polar surface area (TPSA) is 143 Å². The quantitative estimate of drug-likeness (QED) is 0.516. The van der Waals surface area contributed by atoms with Gasteiger partial charge in [0.05, 0.1) is 28.7 Å². The van der Waals surface area contributed by atoms with Crippen molar-refractivity contribution >= 4 is 34.8 Å². The molecule has 3 aromatic rings. The molecule has 0 unspecified atom stereocenters. The van der Waals surface area contributed by atoms with Gasteiger partial charge in [-0.15, -0.1) is 10.2 Å². The number of nitrogens with two attached hydrogens (primary N) is 1. The highest BCUT2D eigenvalue weighted by molar-refractivity contribution is 5.98. The highest BCUT2D eigenvalue weighted by Crippen LogP contribution is 2.78. The molecule has 1 saturated heterocycles. The van der Waals surface area contributed by atoms with Crippen molar-refractivity contribution in [3.8, 4) is 0 Å². The number of pyridine rings is 1. The SMILES string of the molecule is CNC(=O)c1nnc([C@@]2(C(N)=O)CC23CC3)cc1Nc1nc2ccc(N3CCC3)cn2n1. The van der Waals surface area contributed by atoms with Crippen LogP contribution in [-0.2, 0) is 10.2 Å². The van der Waals surface area contributed by atoms with Crippen molar-refractivity contribution in [1.82, 2.24) is 30.1 Å². The third kappa shape index (κ3) is 2.60. The van der Waals surface area contributed by atoms with Gasteiger partial charge in [0.1, 0.15) is 0 Å². The molecule has 3 fully saturated rings. The Hall–Kier alpha value is -3.76. The third-order valence-corrected chi connectivity index (χ3v) is 7.11. The van der Waals surface area contributed by atoms with Crippen molar-refractivity contribution in [2.75, 3.05) is 30.4 Å². The molecule has 0 bridgehead atoms. The van der Waals surface area contributed by atoms with E-state index in [-0.39, 0.29) is 11.1 Å². The molecule has 32 heavy (non-hydrogen) atoms. The third-order valence-electron chi connectivity index (χ3n) is 7.11. The average Bonchev–Trinajstić information content (AvgIpc) is 3.62. The summed E-state index contributed by atoms with van der Waals surface area (Å²) in [6, 6.07) is 5.62. The number of carbonyl (C=O) groups is 2. The Bertz CT molecular complexity index is 1280. The van der Waals surface area contributed by atoms with Crippen LogP contribution in [0.2, 0.25) is 0 Å². The van der Waals surface area contributed by atoms with Gasteiger partial charge in [0.2, 0.25) is 11.9 Å². The lowest BCUT2D eigenvalue weighted by molar-refractivity contribution is -0.121. The smallest absolute Gasteiger partial charge is 0.273 e. The summed E-state index contributed by atoms with van der Waals surface area (Å²) in [5, 5.41) is 18.6. The molecule has 11 heteroatoms. The zero-order chi connectivity index (χ0) is 22.1. The van der Waals surface area contributed by atoms with Crippen LogP contribution >= 0.6 is 0 Å². The molecule has 4 heterocycles. The molecule has 11 nitrogen and oxygen atoms in total. The molecule has 1 aliphatic heterocycles. The van der Waals surface area contributed by atoms with E-state index in [0.29, 0.717) is 29.4 Å². The van der Waals surface area contributed by atoms with E-state index in [1.165, 1.54) is 13.5 Å². The Kier molecular flexibility index (Phi) is 3.78. The predicted molar refractivity (Wildman–Crippen MR) is 116 cm³/mol. The van der Waals surface area contributed by atoms with E-state index in [0.717, 1.165) is 31.6 Å². The van der Waals surface area contributed by atoms with E-state index < -0.39 is 17.2 Å². The predicted octanol–water partition coefficient (Wildman–Crippen LogP) is 0.740. The van der Waals surface area contributed by atoms with Crippen LogP contribution in [0, 0.1) is 5.41 Å². The number of hydrogen-bond acceptors (Lipinski definition) is 8. The molecule has 0 radical (unpaired) electrons. The van der Waals surface area contributed by atoms with Gasteiger partial charge in [-0.25, -0.2) is 4.52 Å². The van der Waals surface area contributed by atoms with Gasteiger partial charge in [-0.1, -0.05) is 0 Å². The molecule has 164 valence electrons. The summed E-state index contributed by atoms with van der Waals surface area (Å²) in [7, 11) is 1.52. The molecule has 3 aromatic heterocycles. The van der Waals surface area contributed by atoms with E-state index in [9.17, 15) is 9.59 Å². The van der Waals surface area contributed by atoms with Crippen molar-refractivity contribution in [2.24, 2.45) is 11.1 Å². The van der Waals surface area contributed by atoms with Gasteiger partial charge in [-0.2, -0.15) is 10.1 Å². The second-order valence-corrected chi connectivity index (χ2v) is 8.89. The van der Waals surface area contributed by atoms with Crippen LogP contribution in [-0.4, -0.2) is 56.7 Å². The molecular weight excluding hydrogens is 410 g/mol. The van der Waals surface area contributed by atoms with Gasteiger partial charge in [-0.05, 0) is 49.3 Å². The maximum absolute atomic E-state index is 12.4. The molecule has 2 aliphatic carbocycles. The van der Waals surface area contributed by atoms with Gasteiger partial charge in [0, 0.05) is 20.1 Å². The van der Waals surface area contributed by atoms with Crippen molar-refractivity contribution in [3.05, 3.63) is 35.8 Å². The first-order chi connectivity index (χ1) is 15.5. The highest BCUT2D eigenvalue weighted by Gasteiger charge is 2.78. The lowest BCUT2D eigenvalue weighted by Crippen LogP contribution is -2.37. The van der Waals surface area contributed by atoms with Crippen LogP contribution < -0.4 is 21.3 Å². The fraction of sp³-hybridized carbons (Fsp3) is 0.429. The van der Waals surface area contributed by atoms with E-state index in [4.69, 9.17) is 5.73 Å². The van der Waals surface area contributed by atoms with Crippen LogP contribution in [0.5, 0.6) is 0 Å². The number of rotatable bonds is 6. The molecule has 4 N–H and O–H groups in total. The molecule has 1 atom stereocenters. The molecule has 0 aromatic carbocycles. The number of aromatic nitrogens is 5. The van der Waals surface area contributed by atoms with Crippen LogP contribution in [0.4, 0.5) is 17.3 Å². The first-order valence-corrected chi connectivity index (χ1v) is 10.7. The van der Waals surface area contributed by atoms with Gasteiger partial charge in [-0.3, -0.25) is 9.59 Å². The van der Waals surface area contributed by atoms with E-state index in [1.807, 2.05) is 18.3 Å².